The van der Waals surface area contributed by atoms with Crippen LogP contribution < -0.4 is 5.32 Å². The Kier molecular flexibility index (Phi) is 4.55. The van der Waals surface area contributed by atoms with Crippen molar-refractivity contribution in [2.75, 3.05) is 5.32 Å². The van der Waals surface area contributed by atoms with Gasteiger partial charge in [-0.25, -0.2) is 9.37 Å². The van der Waals surface area contributed by atoms with Gasteiger partial charge in [-0.3, -0.25) is 10.1 Å². The van der Waals surface area contributed by atoms with Crippen LogP contribution in [-0.4, -0.2) is 21.1 Å². The number of thiazole rings is 1. The van der Waals surface area contributed by atoms with Crippen LogP contribution in [0.5, 0.6) is 5.75 Å². The van der Waals surface area contributed by atoms with Gasteiger partial charge in [-0.15, -0.1) is 0 Å². The van der Waals surface area contributed by atoms with Crippen molar-refractivity contribution in [3.63, 3.8) is 0 Å². The van der Waals surface area contributed by atoms with Crippen LogP contribution in [0.4, 0.5) is 22.7 Å². The molecule has 0 aliphatic heterocycles. The molecule has 2 aromatic carbocycles. The van der Waals surface area contributed by atoms with Gasteiger partial charge in [0.1, 0.15) is 11.6 Å². The minimum atomic E-state index is -4.50. The first kappa shape index (κ1) is 18.1. The van der Waals surface area contributed by atoms with Crippen LogP contribution in [0.2, 0.25) is 0 Å². The quantitative estimate of drug-likeness (QED) is 0.596. The van der Waals surface area contributed by atoms with E-state index in [0.717, 1.165) is 35.6 Å². The zero-order valence-electron chi connectivity index (χ0n) is 12.8. The van der Waals surface area contributed by atoms with Gasteiger partial charge in [0.2, 0.25) is 0 Å². The Balaban J connectivity index is 1.92. The maximum absolute atomic E-state index is 13.5. The molecule has 0 atom stereocenters. The van der Waals surface area contributed by atoms with Gasteiger partial charge in [0.25, 0.3) is 5.91 Å². The first-order valence-electron chi connectivity index (χ1n) is 7.10. The number of aromatic nitrogens is 1. The summed E-state index contributed by atoms with van der Waals surface area (Å²) in [6, 6.07) is 4.61. The number of halogens is 4. The number of carbonyl (C=O) groups excluding carboxylic acids is 1. The molecular weight excluding hydrogens is 376 g/mol. The highest BCUT2D eigenvalue weighted by Gasteiger charge is 2.30. The molecule has 0 radical (unpaired) electrons. The van der Waals surface area contributed by atoms with Crippen molar-refractivity contribution < 1.29 is 32.6 Å². The third kappa shape index (κ3) is 3.46. The van der Waals surface area contributed by atoms with Crippen LogP contribution in [0.3, 0.4) is 0 Å². The number of rotatable bonds is 3. The standard InChI is InChI=1S/C16H10F4N2O3S/c17-9-3-7(6-23)13(24)10(5-9)14(25)22-15-21-11-2-1-8(16(18,19)20)4-12(11)26-15/h1-5,23-24H,6H2,(H,21,22,25). The molecule has 10 heteroatoms. The largest absolute Gasteiger partial charge is 0.507 e. The second kappa shape index (κ2) is 6.54. The number of hydrogen-bond donors (Lipinski definition) is 3. The van der Waals surface area contributed by atoms with Crippen molar-refractivity contribution in [3.05, 3.63) is 52.8 Å². The number of phenols is 1. The lowest BCUT2D eigenvalue weighted by Gasteiger charge is -2.08. The number of aliphatic hydroxyl groups excluding tert-OH is 1. The van der Waals surface area contributed by atoms with E-state index < -0.39 is 41.4 Å². The summed E-state index contributed by atoms with van der Waals surface area (Å²) in [6.07, 6.45) is -4.50. The second-order valence-electron chi connectivity index (χ2n) is 5.27. The van der Waals surface area contributed by atoms with E-state index in [1.165, 1.54) is 6.07 Å². The molecule has 3 rings (SSSR count). The Morgan fingerprint density at radius 3 is 2.62 bits per heavy atom. The van der Waals surface area contributed by atoms with Gasteiger partial charge in [0.05, 0.1) is 28.0 Å². The average molecular weight is 386 g/mol. The van der Waals surface area contributed by atoms with Gasteiger partial charge < -0.3 is 10.2 Å². The molecule has 1 amide bonds. The van der Waals surface area contributed by atoms with Gasteiger partial charge in [-0.05, 0) is 30.3 Å². The minimum Gasteiger partial charge on any atom is -0.507 e. The number of hydrogen-bond acceptors (Lipinski definition) is 5. The molecule has 0 saturated heterocycles. The minimum absolute atomic E-state index is 0.0152. The SMILES string of the molecule is O=C(Nc1nc2ccc(C(F)(F)F)cc2s1)c1cc(F)cc(CO)c1O. The highest BCUT2D eigenvalue weighted by atomic mass is 32.1. The molecule has 0 saturated carbocycles. The second-order valence-corrected chi connectivity index (χ2v) is 6.30. The fourth-order valence-corrected chi connectivity index (χ4v) is 3.17. The van der Waals surface area contributed by atoms with Crippen molar-refractivity contribution in [1.82, 2.24) is 4.98 Å². The summed E-state index contributed by atoms with van der Waals surface area (Å²) in [5.41, 5.74) is -1.20. The fourth-order valence-electron chi connectivity index (χ4n) is 2.27. The molecule has 0 aliphatic rings. The molecule has 0 fully saturated rings. The van der Waals surface area contributed by atoms with E-state index in [1.807, 2.05) is 0 Å². The predicted octanol–water partition coefficient (Wildman–Crippen LogP) is 3.90. The summed E-state index contributed by atoms with van der Waals surface area (Å²) < 4.78 is 51.9. The van der Waals surface area contributed by atoms with Crippen LogP contribution in [0, 0.1) is 5.82 Å². The molecule has 26 heavy (non-hydrogen) atoms. The summed E-state index contributed by atoms with van der Waals surface area (Å²) in [6.45, 7) is -0.675. The van der Waals surface area contributed by atoms with Crippen molar-refractivity contribution in [1.29, 1.82) is 0 Å². The number of aliphatic hydroxyl groups is 1. The fraction of sp³-hybridized carbons (Fsp3) is 0.125. The average Bonchev–Trinajstić information content (AvgIpc) is 2.96. The van der Waals surface area contributed by atoms with Crippen LogP contribution >= 0.6 is 11.3 Å². The van der Waals surface area contributed by atoms with E-state index >= 15 is 0 Å². The summed E-state index contributed by atoms with van der Waals surface area (Å²) in [4.78, 5) is 16.2. The number of alkyl halides is 3. The molecule has 1 aromatic heterocycles. The van der Waals surface area contributed by atoms with Gasteiger partial charge >= 0.3 is 6.18 Å². The first-order valence-corrected chi connectivity index (χ1v) is 7.92. The van der Waals surface area contributed by atoms with Crippen LogP contribution in [0.15, 0.2) is 30.3 Å². The zero-order chi connectivity index (χ0) is 19.1. The smallest absolute Gasteiger partial charge is 0.416 e. The van der Waals surface area contributed by atoms with E-state index in [4.69, 9.17) is 5.11 Å². The number of amides is 1. The van der Waals surface area contributed by atoms with Crippen LogP contribution in [0.25, 0.3) is 10.2 Å². The van der Waals surface area contributed by atoms with E-state index in [2.05, 4.69) is 10.3 Å². The number of aromatic hydroxyl groups is 1. The van der Waals surface area contributed by atoms with Crippen LogP contribution in [0.1, 0.15) is 21.5 Å². The normalized spacial score (nSPS) is 11.7. The number of carbonyl (C=O) groups is 1. The Morgan fingerprint density at radius 2 is 1.96 bits per heavy atom. The van der Waals surface area contributed by atoms with E-state index in [1.54, 1.807) is 0 Å². The third-order valence-electron chi connectivity index (χ3n) is 3.50. The molecule has 3 aromatic rings. The monoisotopic (exact) mass is 386 g/mol. The molecular formula is C16H10F4N2O3S. The maximum atomic E-state index is 13.5. The van der Waals surface area contributed by atoms with Gasteiger partial charge in [-0.2, -0.15) is 13.2 Å². The van der Waals surface area contributed by atoms with E-state index in [0.29, 0.717) is 0 Å². The Morgan fingerprint density at radius 1 is 1.23 bits per heavy atom. The number of nitrogens with one attached hydrogen (secondary N) is 1. The van der Waals surface area contributed by atoms with Gasteiger partial charge in [0, 0.05) is 5.56 Å². The first-order chi connectivity index (χ1) is 12.2. The summed E-state index contributed by atoms with van der Waals surface area (Å²) in [7, 11) is 0. The predicted molar refractivity (Wildman–Crippen MR) is 86.6 cm³/mol. The van der Waals surface area contributed by atoms with Crippen LogP contribution in [-0.2, 0) is 12.8 Å². The van der Waals surface area contributed by atoms with E-state index in [-0.39, 0.29) is 20.9 Å². The van der Waals surface area contributed by atoms with Crippen molar-refractivity contribution in [2.24, 2.45) is 0 Å². The van der Waals surface area contributed by atoms with Crippen molar-refractivity contribution >= 4 is 32.6 Å². The molecule has 0 unspecified atom stereocenters. The Labute approximate surface area is 147 Å². The zero-order valence-corrected chi connectivity index (χ0v) is 13.6. The molecule has 5 nitrogen and oxygen atoms in total. The third-order valence-corrected chi connectivity index (χ3v) is 4.44. The van der Waals surface area contributed by atoms with Gasteiger partial charge in [-0.1, -0.05) is 11.3 Å². The Hall–Kier alpha value is -2.72. The molecule has 0 aliphatic carbocycles. The molecule has 0 bridgehead atoms. The highest BCUT2D eigenvalue weighted by Crippen LogP contribution is 2.34. The molecule has 1 heterocycles. The lowest BCUT2D eigenvalue weighted by Crippen LogP contribution is -2.13. The Bertz CT molecular complexity index is 1000. The number of fused-ring (bicyclic) bond motifs is 1. The summed E-state index contributed by atoms with van der Waals surface area (Å²) in [5.74, 6) is -2.34. The van der Waals surface area contributed by atoms with Crippen molar-refractivity contribution in [2.45, 2.75) is 12.8 Å². The lowest BCUT2D eigenvalue weighted by atomic mass is 10.1. The summed E-state index contributed by atoms with van der Waals surface area (Å²) >= 11 is 0.803. The topological polar surface area (TPSA) is 82.5 Å². The number of benzene rings is 2. The number of anilines is 1. The number of nitrogens with zero attached hydrogens (tertiary/aromatic N) is 1. The summed E-state index contributed by atoms with van der Waals surface area (Å²) in [5, 5.41) is 21.3. The lowest BCUT2D eigenvalue weighted by molar-refractivity contribution is -0.137. The van der Waals surface area contributed by atoms with Gasteiger partial charge in [0.15, 0.2) is 5.13 Å². The highest BCUT2D eigenvalue weighted by molar-refractivity contribution is 7.22. The molecule has 3 N–H and O–H groups in total. The maximum Gasteiger partial charge on any atom is 0.416 e. The van der Waals surface area contributed by atoms with E-state index in [9.17, 15) is 27.5 Å². The molecule has 136 valence electrons. The molecule has 0 spiro atoms. The van der Waals surface area contributed by atoms with Crippen molar-refractivity contribution in [3.8, 4) is 5.75 Å².